The molecule has 3 N–H and O–H groups in total. The highest BCUT2D eigenvalue weighted by Crippen LogP contribution is 2.25. The molecule has 0 unspecified atom stereocenters. The van der Waals surface area contributed by atoms with E-state index >= 15 is 0 Å². The first-order valence-corrected chi connectivity index (χ1v) is 7.13. The Kier molecular flexibility index (Phi) is 4.13. The standard InChI is InChI=1S/C14H17BrN4O/c1-4-19-13(12(16)9(3)18-19)14(20)17-11-6-5-8(2)7-10(11)15/h5-7H,4,16H2,1-3H3,(H,17,20). The highest BCUT2D eigenvalue weighted by Gasteiger charge is 2.19. The van der Waals surface area contributed by atoms with Crippen molar-refractivity contribution in [1.29, 1.82) is 0 Å². The summed E-state index contributed by atoms with van der Waals surface area (Å²) in [5.41, 5.74) is 9.25. The SMILES string of the molecule is CCn1nc(C)c(N)c1C(=O)Nc1ccc(C)cc1Br. The number of anilines is 2. The van der Waals surface area contributed by atoms with Gasteiger partial charge in [-0.15, -0.1) is 0 Å². The lowest BCUT2D eigenvalue weighted by Crippen LogP contribution is -2.19. The van der Waals surface area contributed by atoms with Crippen LogP contribution in [0.4, 0.5) is 11.4 Å². The molecule has 0 spiro atoms. The molecule has 1 aromatic heterocycles. The molecule has 1 aromatic carbocycles. The van der Waals surface area contributed by atoms with Gasteiger partial charge in [0, 0.05) is 11.0 Å². The van der Waals surface area contributed by atoms with E-state index in [2.05, 4.69) is 26.3 Å². The number of halogens is 1. The summed E-state index contributed by atoms with van der Waals surface area (Å²) >= 11 is 3.44. The van der Waals surface area contributed by atoms with E-state index in [9.17, 15) is 4.79 Å². The summed E-state index contributed by atoms with van der Waals surface area (Å²) in [5, 5.41) is 7.10. The molecule has 5 nitrogen and oxygen atoms in total. The molecule has 0 aliphatic heterocycles. The Balaban J connectivity index is 2.33. The van der Waals surface area contributed by atoms with Crippen LogP contribution in [0.1, 0.15) is 28.7 Å². The van der Waals surface area contributed by atoms with Crippen molar-refractivity contribution in [2.24, 2.45) is 0 Å². The Morgan fingerprint density at radius 1 is 1.45 bits per heavy atom. The highest BCUT2D eigenvalue weighted by molar-refractivity contribution is 9.10. The van der Waals surface area contributed by atoms with Crippen LogP contribution in [-0.2, 0) is 6.54 Å². The average Bonchev–Trinajstić information content (AvgIpc) is 2.68. The van der Waals surface area contributed by atoms with Crippen molar-refractivity contribution in [2.75, 3.05) is 11.1 Å². The van der Waals surface area contributed by atoms with Gasteiger partial charge in [-0.2, -0.15) is 5.10 Å². The van der Waals surface area contributed by atoms with Crippen LogP contribution in [0, 0.1) is 13.8 Å². The van der Waals surface area contributed by atoms with Gasteiger partial charge in [0.15, 0.2) is 0 Å². The first-order chi connectivity index (χ1) is 9.43. The van der Waals surface area contributed by atoms with Crippen LogP contribution in [0.25, 0.3) is 0 Å². The third-order valence-corrected chi connectivity index (χ3v) is 3.72. The van der Waals surface area contributed by atoms with Gasteiger partial charge in [-0.05, 0) is 54.4 Å². The first kappa shape index (κ1) is 14.6. The minimum absolute atomic E-state index is 0.255. The third kappa shape index (κ3) is 2.70. The molecule has 0 aliphatic carbocycles. The van der Waals surface area contributed by atoms with Crippen molar-refractivity contribution in [1.82, 2.24) is 9.78 Å². The Morgan fingerprint density at radius 2 is 2.15 bits per heavy atom. The van der Waals surface area contributed by atoms with Gasteiger partial charge < -0.3 is 11.1 Å². The van der Waals surface area contributed by atoms with Crippen LogP contribution in [-0.4, -0.2) is 15.7 Å². The maximum absolute atomic E-state index is 12.4. The molecule has 6 heteroatoms. The second-order valence-corrected chi connectivity index (χ2v) is 5.46. The summed E-state index contributed by atoms with van der Waals surface area (Å²) in [7, 11) is 0. The number of carbonyl (C=O) groups is 1. The summed E-state index contributed by atoms with van der Waals surface area (Å²) in [5.74, 6) is -0.255. The number of hydrogen-bond donors (Lipinski definition) is 2. The summed E-state index contributed by atoms with van der Waals surface area (Å²) in [4.78, 5) is 12.4. The molecule has 0 atom stereocenters. The second kappa shape index (κ2) is 5.66. The van der Waals surface area contributed by atoms with Crippen LogP contribution >= 0.6 is 15.9 Å². The largest absolute Gasteiger partial charge is 0.395 e. The number of aromatic nitrogens is 2. The fourth-order valence-corrected chi connectivity index (χ4v) is 2.56. The molecule has 0 saturated carbocycles. The van der Waals surface area contributed by atoms with E-state index in [1.807, 2.05) is 32.0 Å². The molecule has 0 saturated heterocycles. The lowest BCUT2D eigenvalue weighted by atomic mass is 10.2. The summed E-state index contributed by atoms with van der Waals surface area (Å²) in [6.07, 6.45) is 0. The van der Waals surface area contributed by atoms with Crippen molar-refractivity contribution in [3.63, 3.8) is 0 Å². The van der Waals surface area contributed by atoms with Gasteiger partial charge in [0.25, 0.3) is 5.91 Å². The number of nitrogens with zero attached hydrogens (tertiary/aromatic N) is 2. The van der Waals surface area contributed by atoms with Crippen LogP contribution < -0.4 is 11.1 Å². The number of amides is 1. The summed E-state index contributed by atoms with van der Waals surface area (Å²) in [6, 6.07) is 5.74. The van der Waals surface area contributed by atoms with Gasteiger partial charge in [0.1, 0.15) is 5.69 Å². The zero-order chi connectivity index (χ0) is 14.9. The van der Waals surface area contributed by atoms with Crippen molar-refractivity contribution >= 4 is 33.2 Å². The molecular weight excluding hydrogens is 320 g/mol. The lowest BCUT2D eigenvalue weighted by Gasteiger charge is -2.09. The molecule has 0 radical (unpaired) electrons. The monoisotopic (exact) mass is 336 g/mol. The number of carbonyl (C=O) groups excluding carboxylic acids is 1. The van der Waals surface area contributed by atoms with Crippen molar-refractivity contribution in [3.05, 3.63) is 39.6 Å². The maximum Gasteiger partial charge on any atom is 0.276 e. The minimum atomic E-state index is -0.255. The topological polar surface area (TPSA) is 72.9 Å². The lowest BCUT2D eigenvalue weighted by molar-refractivity contribution is 0.101. The molecule has 106 valence electrons. The van der Waals surface area contributed by atoms with Gasteiger partial charge in [0.05, 0.1) is 17.1 Å². The molecule has 20 heavy (non-hydrogen) atoms. The zero-order valence-corrected chi connectivity index (χ0v) is 13.3. The van der Waals surface area contributed by atoms with Gasteiger partial charge >= 0.3 is 0 Å². The summed E-state index contributed by atoms with van der Waals surface area (Å²) in [6.45, 7) is 6.30. The van der Waals surface area contributed by atoms with Crippen LogP contribution in [0.3, 0.4) is 0 Å². The van der Waals surface area contributed by atoms with Crippen LogP contribution in [0.2, 0.25) is 0 Å². The molecule has 1 heterocycles. The number of hydrogen-bond acceptors (Lipinski definition) is 3. The van der Waals surface area contributed by atoms with Crippen LogP contribution in [0.5, 0.6) is 0 Å². The number of rotatable bonds is 3. The van der Waals surface area contributed by atoms with E-state index in [-0.39, 0.29) is 5.91 Å². The number of nitrogens with one attached hydrogen (secondary N) is 1. The average molecular weight is 337 g/mol. The molecular formula is C14H17BrN4O. The van der Waals surface area contributed by atoms with Crippen molar-refractivity contribution in [2.45, 2.75) is 27.3 Å². The van der Waals surface area contributed by atoms with Crippen LogP contribution in [0.15, 0.2) is 22.7 Å². The van der Waals surface area contributed by atoms with Crippen molar-refractivity contribution < 1.29 is 4.79 Å². The molecule has 2 aromatic rings. The summed E-state index contributed by atoms with van der Waals surface area (Å²) < 4.78 is 2.45. The fraction of sp³-hybridized carbons (Fsp3) is 0.286. The van der Waals surface area contributed by atoms with E-state index in [4.69, 9.17) is 5.73 Å². The Labute approximate surface area is 126 Å². The number of nitrogen functional groups attached to an aromatic ring is 1. The molecule has 2 rings (SSSR count). The Hall–Kier alpha value is -1.82. The molecule has 0 aliphatic rings. The molecule has 1 amide bonds. The smallest absolute Gasteiger partial charge is 0.276 e. The highest BCUT2D eigenvalue weighted by atomic mass is 79.9. The predicted molar refractivity (Wildman–Crippen MR) is 83.9 cm³/mol. The molecule has 0 fully saturated rings. The first-order valence-electron chi connectivity index (χ1n) is 6.34. The second-order valence-electron chi connectivity index (χ2n) is 4.60. The van der Waals surface area contributed by atoms with E-state index in [0.717, 1.165) is 10.0 Å². The third-order valence-electron chi connectivity index (χ3n) is 3.06. The van der Waals surface area contributed by atoms with Gasteiger partial charge in [-0.3, -0.25) is 9.48 Å². The van der Waals surface area contributed by atoms with Crippen molar-refractivity contribution in [3.8, 4) is 0 Å². The van der Waals surface area contributed by atoms with E-state index in [1.165, 1.54) is 0 Å². The number of benzene rings is 1. The predicted octanol–water partition coefficient (Wildman–Crippen LogP) is 3.12. The van der Waals surface area contributed by atoms with E-state index in [0.29, 0.717) is 29.3 Å². The van der Waals surface area contributed by atoms with E-state index in [1.54, 1.807) is 11.6 Å². The van der Waals surface area contributed by atoms with E-state index < -0.39 is 0 Å². The van der Waals surface area contributed by atoms with Gasteiger partial charge in [0.2, 0.25) is 0 Å². The minimum Gasteiger partial charge on any atom is -0.395 e. The Bertz CT molecular complexity index is 663. The van der Waals surface area contributed by atoms with Gasteiger partial charge in [-0.1, -0.05) is 6.07 Å². The zero-order valence-electron chi connectivity index (χ0n) is 11.7. The quantitative estimate of drug-likeness (QED) is 0.904. The number of nitrogens with two attached hydrogens (primary N) is 1. The van der Waals surface area contributed by atoms with Gasteiger partial charge in [-0.25, -0.2) is 0 Å². The molecule has 0 bridgehead atoms. The normalized spacial score (nSPS) is 10.6. The Morgan fingerprint density at radius 3 is 2.75 bits per heavy atom. The number of aryl methyl sites for hydroxylation is 3. The maximum atomic E-state index is 12.4. The fourth-order valence-electron chi connectivity index (χ4n) is 1.97.